The summed E-state index contributed by atoms with van der Waals surface area (Å²) in [4.78, 5) is 16.8. The largest absolute Gasteiger partial charge is 0.508 e. The predicted molar refractivity (Wildman–Crippen MR) is 146 cm³/mol. The lowest BCUT2D eigenvalue weighted by atomic mass is 10.0. The minimum Gasteiger partial charge on any atom is -0.508 e. The average Bonchev–Trinajstić information content (AvgIpc) is 2.91. The summed E-state index contributed by atoms with van der Waals surface area (Å²) in [7, 11) is 0. The number of aromatic hydroxyl groups is 1. The van der Waals surface area contributed by atoms with Crippen LogP contribution < -0.4 is 16.4 Å². The van der Waals surface area contributed by atoms with Crippen molar-refractivity contribution in [2.45, 2.75) is 32.0 Å². The van der Waals surface area contributed by atoms with Crippen molar-refractivity contribution in [3.63, 3.8) is 0 Å². The molecule has 7 heteroatoms. The summed E-state index contributed by atoms with van der Waals surface area (Å²) in [6.07, 6.45) is 1.62. The van der Waals surface area contributed by atoms with Crippen LogP contribution in [-0.4, -0.2) is 33.7 Å². The molecule has 6 N–H and O–H groups in total. The Morgan fingerprint density at radius 2 is 1.65 bits per heavy atom. The quantitative estimate of drug-likeness (QED) is 0.224. The molecule has 1 heterocycles. The predicted octanol–water partition coefficient (Wildman–Crippen LogP) is 4.22. The number of nitrogen functional groups attached to an aromatic ring is 1. The first-order valence-corrected chi connectivity index (χ1v) is 12.3. The number of nitrogens with two attached hydrogens (primary N) is 1. The molecule has 0 unspecified atom stereocenters. The second kappa shape index (κ2) is 12.2. The Balaban J connectivity index is 1.27. The minimum absolute atomic E-state index is 0.0989. The molecule has 0 saturated carbocycles. The van der Waals surface area contributed by atoms with Crippen molar-refractivity contribution in [3.05, 3.63) is 113 Å². The van der Waals surface area contributed by atoms with Gasteiger partial charge in [0.05, 0.1) is 6.10 Å². The maximum atomic E-state index is 12.8. The van der Waals surface area contributed by atoms with E-state index in [0.717, 1.165) is 22.3 Å². The zero-order valence-electron chi connectivity index (χ0n) is 20.8. The van der Waals surface area contributed by atoms with Crippen LogP contribution in [0.25, 0.3) is 11.1 Å². The van der Waals surface area contributed by atoms with Gasteiger partial charge in [0.2, 0.25) is 0 Å². The molecule has 0 aliphatic heterocycles. The molecular weight excluding hydrogens is 464 g/mol. The highest BCUT2D eigenvalue weighted by Gasteiger charge is 2.12. The summed E-state index contributed by atoms with van der Waals surface area (Å²) in [5, 5.41) is 26.2. The standard InChI is InChI=1S/C30H32N4O3/c1-20(32-19-28(36)26-11-14-29(31)33-18-26)15-22-3-2-4-25(16-22)30(37)34-17-21-5-7-23(8-6-21)24-9-12-27(35)13-10-24/h2-14,16,18,20,28,32,35-36H,15,17,19H2,1H3,(H2,31,33)(H,34,37)/t20-,28+/m1/s1. The molecule has 0 spiro atoms. The molecule has 4 rings (SSSR count). The van der Waals surface area contributed by atoms with Crippen molar-refractivity contribution in [1.29, 1.82) is 0 Å². The Hall–Kier alpha value is -4.20. The number of phenolic OH excluding ortho intramolecular Hbond substituents is 1. The van der Waals surface area contributed by atoms with Crippen LogP contribution in [0.5, 0.6) is 5.75 Å². The van der Waals surface area contributed by atoms with E-state index < -0.39 is 6.10 Å². The van der Waals surface area contributed by atoms with Gasteiger partial charge in [-0.15, -0.1) is 0 Å². The molecule has 0 aliphatic rings. The van der Waals surface area contributed by atoms with Crippen LogP contribution in [0, 0.1) is 0 Å². The van der Waals surface area contributed by atoms with E-state index in [1.54, 1.807) is 30.5 Å². The second-order valence-corrected chi connectivity index (χ2v) is 9.17. The molecule has 0 saturated heterocycles. The van der Waals surface area contributed by atoms with Gasteiger partial charge in [0.1, 0.15) is 11.6 Å². The molecule has 4 aromatic rings. The number of aliphatic hydroxyl groups excluding tert-OH is 1. The van der Waals surface area contributed by atoms with Crippen LogP contribution in [0.4, 0.5) is 5.82 Å². The van der Waals surface area contributed by atoms with Crippen LogP contribution in [0.2, 0.25) is 0 Å². The van der Waals surface area contributed by atoms with Gasteiger partial charge in [-0.1, -0.05) is 54.6 Å². The average molecular weight is 497 g/mol. The van der Waals surface area contributed by atoms with E-state index in [0.29, 0.717) is 36.5 Å². The molecule has 1 aromatic heterocycles. The lowest BCUT2D eigenvalue weighted by Crippen LogP contribution is -2.32. The van der Waals surface area contributed by atoms with E-state index in [4.69, 9.17) is 5.73 Å². The number of carbonyl (C=O) groups excluding carboxylic acids is 1. The number of nitrogens with zero attached hydrogens (tertiary/aromatic N) is 1. The number of anilines is 1. The van der Waals surface area contributed by atoms with Crippen LogP contribution in [0.1, 0.15) is 40.1 Å². The Morgan fingerprint density at radius 3 is 2.32 bits per heavy atom. The van der Waals surface area contributed by atoms with Crippen molar-refractivity contribution in [3.8, 4) is 16.9 Å². The fourth-order valence-electron chi connectivity index (χ4n) is 4.06. The van der Waals surface area contributed by atoms with Crippen molar-refractivity contribution < 1.29 is 15.0 Å². The normalized spacial score (nSPS) is 12.6. The number of hydrogen-bond acceptors (Lipinski definition) is 6. The van der Waals surface area contributed by atoms with Gasteiger partial charge in [0.25, 0.3) is 5.91 Å². The first kappa shape index (κ1) is 25.9. The third-order valence-electron chi connectivity index (χ3n) is 6.19. The zero-order valence-corrected chi connectivity index (χ0v) is 20.8. The smallest absolute Gasteiger partial charge is 0.251 e. The number of nitrogens with one attached hydrogen (secondary N) is 2. The van der Waals surface area contributed by atoms with Crippen LogP contribution in [0.3, 0.4) is 0 Å². The number of phenols is 1. The molecule has 7 nitrogen and oxygen atoms in total. The van der Waals surface area contributed by atoms with Crippen LogP contribution >= 0.6 is 0 Å². The fraction of sp³-hybridized carbons (Fsp3) is 0.200. The highest BCUT2D eigenvalue weighted by molar-refractivity contribution is 5.94. The van der Waals surface area contributed by atoms with Crippen LogP contribution in [0.15, 0.2) is 91.1 Å². The molecule has 1 amide bonds. The zero-order chi connectivity index (χ0) is 26.2. The molecular formula is C30H32N4O3. The Morgan fingerprint density at radius 1 is 0.946 bits per heavy atom. The monoisotopic (exact) mass is 496 g/mol. The second-order valence-electron chi connectivity index (χ2n) is 9.17. The van der Waals surface area contributed by atoms with E-state index in [9.17, 15) is 15.0 Å². The third kappa shape index (κ3) is 7.39. The molecule has 0 bridgehead atoms. The first-order chi connectivity index (χ1) is 17.9. The summed E-state index contributed by atoms with van der Waals surface area (Å²) in [6, 6.07) is 26.2. The number of aliphatic hydroxyl groups is 1. The molecule has 37 heavy (non-hydrogen) atoms. The molecule has 0 fully saturated rings. The van der Waals surface area contributed by atoms with Gasteiger partial charge in [-0.2, -0.15) is 0 Å². The van der Waals surface area contributed by atoms with Crippen LogP contribution in [-0.2, 0) is 13.0 Å². The molecule has 2 atom stereocenters. The molecule has 0 radical (unpaired) electrons. The maximum absolute atomic E-state index is 12.8. The number of pyridine rings is 1. The number of rotatable bonds is 10. The number of aromatic nitrogens is 1. The van der Waals surface area contributed by atoms with Gasteiger partial charge < -0.3 is 26.6 Å². The number of amides is 1. The van der Waals surface area contributed by atoms with Crippen molar-refractivity contribution in [1.82, 2.24) is 15.6 Å². The van der Waals surface area contributed by atoms with E-state index in [2.05, 4.69) is 15.6 Å². The minimum atomic E-state index is -0.678. The van der Waals surface area contributed by atoms with Gasteiger partial charge in [0.15, 0.2) is 0 Å². The highest BCUT2D eigenvalue weighted by atomic mass is 16.3. The van der Waals surface area contributed by atoms with E-state index in [-0.39, 0.29) is 17.7 Å². The highest BCUT2D eigenvalue weighted by Crippen LogP contribution is 2.22. The summed E-state index contributed by atoms with van der Waals surface area (Å²) >= 11 is 0. The lowest BCUT2D eigenvalue weighted by Gasteiger charge is -2.18. The van der Waals surface area contributed by atoms with Crippen molar-refractivity contribution in [2.75, 3.05) is 12.3 Å². The summed E-state index contributed by atoms with van der Waals surface area (Å²) < 4.78 is 0. The Bertz CT molecular complexity index is 1310. The van der Waals surface area contributed by atoms with E-state index in [1.807, 2.05) is 67.6 Å². The molecule has 3 aromatic carbocycles. The van der Waals surface area contributed by atoms with Crippen molar-refractivity contribution in [2.24, 2.45) is 0 Å². The van der Waals surface area contributed by atoms with Crippen molar-refractivity contribution >= 4 is 11.7 Å². The Kier molecular flexibility index (Phi) is 8.51. The third-order valence-corrected chi connectivity index (χ3v) is 6.19. The van der Waals surface area contributed by atoms with E-state index in [1.165, 1.54) is 0 Å². The number of hydrogen-bond donors (Lipinski definition) is 5. The van der Waals surface area contributed by atoms with Gasteiger partial charge in [-0.25, -0.2) is 4.98 Å². The van der Waals surface area contributed by atoms with Gasteiger partial charge in [-0.3, -0.25) is 4.79 Å². The first-order valence-electron chi connectivity index (χ1n) is 12.3. The van der Waals surface area contributed by atoms with Gasteiger partial charge in [0, 0.05) is 36.5 Å². The Labute approximate surface area is 217 Å². The SMILES string of the molecule is C[C@H](Cc1cccc(C(=O)NCc2ccc(-c3ccc(O)cc3)cc2)c1)NC[C@H](O)c1ccc(N)nc1. The summed E-state index contributed by atoms with van der Waals surface area (Å²) in [6.45, 7) is 2.86. The molecule has 0 aliphatic carbocycles. The molecule has 190 valence electrons. The number of benzene rings is 3. The summed E-state index contributed by atoms with van der Waals surface area (Å²) in [5.41, 5.74) is 11.0. The van der Waals surface area contributed by atoms with Gasteiger partial charge in [-0.05, 0) is 65.9 Å². The number of carbonyl (C=O) groups is 1. The fourth-order valence-corrected chi connectivity index (χ4v) is 4.06. The van der Waals surface area contributed by atoms with Gasteiger partial charge >= 0.3 is 0 Å². The van der Waals surface area contributed by atoms with E-state index >= 15 is 0 Å². The lowest BCUT2D eigenvalue weighted by molar-refractivity contribution is 0.0950. The topological polar surface area (TPSA) is 120 Å². The maximum Gasteiger partial charge on any atom is 0.251 e. The summed E-state index contributed by atoms with van der Waals surface area (Å²) in [5.74, 6) is 0.532.